The quantitative estimate of drug-likeness (QED) is 0.897. The smallest absolute Gasteiger partial charge is 0.0519 e. The van der Waals surface area contributed by atoms with E-state index in [1.807, 2.05) is 19.2 Å². The van der Waals surface area contributed by atoms with E-state index in [1.54, 1.807) is 11.3 Å². The van der Waals surface area contributed by atoms with Gasteiger partial charge in [-0.25, -0.2) is 0 Å². The third-order valence-electron chi connectivity index (χ3n) is 2.83. The third-order valence-corrected chi connectivity index (χ3v) is 4.05. The van der Waals surface area contributed by atoms with E-state index in [-0.39, 0.29) is 0 Å². The molecule has 2 aromatic rings. The normalized spacial score (nSPS) is 10.6. The molecule has 1 N–H and O–H groups in total. The molecule has 4 heteroatoms. The molecule has 0 saturated carbocycles. The molecule has 0 atom stereocenters. The molecule has 2 rings (SSSR count). The minimum absolute atomic E-state index is 0.782. The average Bonchev–Trinajstić information content (AvgIpc) is 2.84. The van der Waals surface area contributed by atoms with Crippen molar-refractivity contribution in [1.82, 2.24) is 5.32 Å². The lowest BCUT2D eigenvalue weighted by Crippen LogP contribution is -2.19. The summed E-state index contributed by atoms with van der Waals surface area (Å²) in [6, 6.07) is 10.3. The van der Waals surface area contributed by atoms with Crippen LogP contribution in [-0.4, -0.2) is 14.1 Å². The van der Waals surface area contributed by atoms with Crippen LogP contribution < -0.4 is 10.2 Å². The van der Waals surface area contributed by atoms with Gasteiger partial charge in [0.2, 0.25) is 0 Å². The van der Waals surface area contributed by atoms with E-state index < -0.39 is 0 Å². The lowest BCUT2D eigenvalue weighted by atomic mass is 10.1. The van der Waals surface area contributed by atoms with Crippen molar-refractivity contribution in [3.05, 3.63) is 51.2 Å². The summed E-state index contributed by atoms with van der Waals surface area (Å²) >= 11 is 8.05. The van der Waals surface area contributed by atoms with E-state index in [9.17, 15) is 0 Å². The highest BCUT2D eigenvalue weighted by Gasteiger charge is 2.10. The number of nitrogens with zero attached hydrogens (tertiary/aromatic N) is 1. The van der Waals surface area contributed by atoms with Crippen LogP contribution in [0.3, 0.4) is 0 Å². The van der Waals surface area contributed by atoms with Crippen LogP contribution in [0.2, 0.25) is 5.02 Å². The van der Waals surface area contributed by atoms with E-state index in [2.05, 4.69) is 40.8 Å². The van der Waals surface area contributed by atoms with Crippen LogP contribution >= 0.6 is 22.9 Å². The highest BCUT2D eigenvalue weighted by Crippen LogP contribution is 2.28. The molecule has 1 aromatic carbocycles. The fraction of sp³-hybridized carbons (Fsp3) is 0.286. The van der Waals surface area contributed by atoms with Crippen molar-refractivity contribution in [1.29, 1.82) is 0 Å². The molecule has 0 fully saturated rings. The van der Waals surface area contributed by atoms with Crippen LogP contribution in [0.5, 0.6) is 0 Å². The Morgan fingerprint density at radius 1 is 1.28 bits per heavy atom. The lowest BCUT2D eigenvalue weighted by molar-refractivity contribution is 0.807. The summed E-state index contributed by atoms with van der Waals surface area (Å²) in [5.41, 5.74) is 2.34. The van der Waals surface area contributed by atoms with Gasteiger partial charge in [-0.3, -0.25) is 0 Å². The Hall–Kier alpha value is -1.03. The predicted octanol–water partition coefficient (Wildman–Crippen LogP) is 3.76. The van der Waals surface area contributed by atoms with Gasteiger partial charge in [-0.1, -0.05) is 23.7 Å². The number of nitrogens with one attached hydrogen (secondary N) is 1. The molecule has 0 aliphatic carbocycles. The maximum absolute atomic E-state index is 6.27. The minimum atomic E-state index is 0.782. The molecular weight excluding hydrogens is 264 g/mol. The number of hydrogen-bond acceptors (Lipinski definition) is 3. The Labute approximate surface area is 117 Å². The first-order valence-corrected chi connectivity index (χ1v) is 7.13. The first-order valence-electron chi connectivity index (χ1n) is 5.88. The van der Waals surface area contributed by atoms with Gasteiger partial charge in [0.05, 0.1) is 6.54 Å². The van der Waals surface area contributed by atoms with Crippen molar-refractivity contribution in [3.8, 4) is 0 Å². The minimum Gasteiger partial charge on any atom is -0.369 e. The maximum atomic E-state index is 6.27. The van der Waals surface area contributed by atoms with E-state index in [0.717, 1.165) is 23.7 Å². The number of rotatable bonds is 5. The summed E-state index contributed by atoms with van der Waals surface area (Å²) in [6.45, 7) is 1.69. The van der Waals surface area contributed by atoms with Crippen LogP contribution in [0.1, 0.15) is 10.4 Å². The molecule has 0 aliphatic heterocycles. The molecule has 1 aromatic heterocycles. The number of halogens is 1. The van der Waals surface area contributed by atoms with Crippen LogP contribution in [0.4, 0.5) is 5.69 Å². The second-order valence-corrected chi connectivity index (χ2v) is 5.64. The summed E-state index contributed by atoms with van der Waals surface area (Å²) in [5, 5.41) is 6.10. The molecule has 1 heterocycles. The van der Waals surface area contributed by atoms with E-state index in [0.29, 0.717) is 0 Å². The van der Waals surface area contributed by atoms with Crippen LogP contribution in [0.25, 0.3) is 0 Å². The van der Waals surface area contributed by atoms with Crippen LogP contribution in [0, 0.1) is 0 Å². The number of anilines is 1. The summed E-state index contributed by atoms with van der Waals surface area (Å²) in [7, 11) is 4.04. The fourth-order valence-corrected chi connectivity index (χ4v) is 2.97. The first-order chi connectivity index (χ1) is 8.72. The SMILES string of the molecule is CNCc1c(Cl)cccc1N(C)Cc1cccs1. The van der Waals surface area contributed by atoms with Gasteiger partial charge in [0.25, 0.3) is 0 Å². The van der Waals surface area contributed by atoms with Crippen molar-refractivity contribution in [2.24, 2.45) is 0 Å². The van der Waals surface area contributed by atoms with Gasteiger partial charge in [-0.2, -0.15) is 0 Å². The number of benzene rings is 1. The molecular formula is C14H17ClN2S. The molecule has 18 heavy (non-hydrogen) atoms. The van der Waals surface area contributed by atoms with Gasteiger partial charge < -0.3 is 10.2 Å². The predicted molar refractivity (Wildman–Crippen MR) is 80.6 cm³/mol. The highest BCUT2D eigenvalue weighted by atomic mass is 35.5. The largest absolute Gasteiger partial charge is 0.369 e. The van der Waals surface area contributed by atoms with Gasteiger partial charge in [-0.05, 0) is 30.6 Å². The first kappa shape index (κ1) is 13.4. The zero-order valence-electron chi connectivity index (χ0n) is 10.6. The fourth-order valence-electron chi connectivity index (χ4n) is 1.98. The van der Waals surface area contributed by atoms with Crippen molar-refractivity contribution in [2.75, 3.05) is 19.0 Å². The molecule has 0 aliphatic rings. The van der Waals surface area contributed by atoms with E-state index >= 15 is 0 Å². The molecule has 96 valence electrons. The summed E-state index contributed by atoms with van der Waals surface area (Å²) in [4.78, 5) is 3.59. The van der Waals surface area contributed by atoms with Crippen molar-refractivity contribution in [2.45, 2.75) is 13.1 Å². The van der Waals surface area contributed by atoms with Crippen molar-refractivity contribution >= 4 is 28.6 Å². The second kappa shape index (κ2) is 6.23. The molecule has 0 amide bonds. The molecule has 0 saturated heterocycles. The van der Waals surface area contributed by atoms with Crippen molar-refractivity contribution < 1.29 is 0 Å². The Balaban J connectivity index is 2.23. The molecule has 2 nitrogen and oxygen atoms in total. The van der Waals surface area contributed by atoms with E-state index in [4.69, 9.17) is 11.6 Å². The standard InChI is InChI=1S/C14H17ClN2S/c1-16-9-12-13(15)6-3-7-14(12)17(2)10-11-5-4-8-18-11/h3-8,16H,9-10H2,1-2H3. The lowest BCUT2D eigenvalue weighted by Gasteiger charge is -2.22. The van der Waals surface area contributed by atoms with Gasteiger partial charge in [0, 0.05) is 34.7 Å². The van der Waals surface area contributed by atoms with Crippen LogP contribution in [-0.2, 0) is 13.1 Å². The second-order valence-electron chi connectivity index (χ2n) is 4.20. The Bertz CT molecular complexity index is 497. The topological polar surface area (TPSA) is 15.3 Å². The summed E-state index contributed by atoms with van der Waals surface area (Å²) in [6.07, 6.45) is 0. The highest BCUT2D eigenvalue weighted by molar-refractivity contribution is 7.09. The van der Waals surface area contributed by atoms with Crippen LogP contribution in [0.15, 0.2) is 35.7 Å². The van der Waals surface area contributed by atoms with Gasteiger partial charge in [-0.15, -0.1) is 11.3 Å². The maximum Gasteiger partial charge on any atom is 0.0519 e. The Morgan fingerprint density at radius 2 is 2.11 bits per heavy atom. The number of thiophene rings is 1. The van der Waals surface area contributed by atoms with E-state index in [1.165, 1.54) is 10.6 Å². The summed E-state index contributed by atoms with van der Waals surface area (Å²) < 4.78 is 0. The third kappa shape index (κ3) is 3.05. The number of hydrogen-bond donors (Lipinski definition) is 1. The van der Waals surface area contributed by atoms with Gasteiger partial charge >= 0.3 is 0 Å². The summed E-state index contributed by atoms with van der Waals surface area (Å²) in [5.74, 6) is 0. The zero-order valence-corrected chi connectivity index (χ0v) is 12.2. The Kier molecular flexibility index (Phi) is 4.64. The van der Waals surface area contributed by atoms with Gasteiger partial charge in [0.15, 0.2) is 0 Å². The molecule has 0 radical (unpaired) electrons. The zero-order chi connectivity index (χ0) is 13.0. The molecule has 0 spiro atoms. The van der Waals surface area contributed by atoms with Gasteiger partial charge in [0.1, 0.15) is 0 Å². The molecule has 0 bridgehead atoms. The Morgan fingerprint density at radius 3 is 2.78 bits per heavy atom. The monoisotopic (exact) mass is 280 g/mol. The molecule has 0 unspecified atom stereocenters. The average molecular weight is 281 g/mol. The van der Waals surface area contributed by atoms with Crippen molar-refractivity contribution in [3.63, 3.8) is 0 Å².